The maximum absolute atomic E-state index is 11.7. The standard InChI is InChI=1S/C20H20ClN5O/c21-14-6-4-13(5-7-14)16(10-12-2-1-3-12)26-20-18-17(24-11-25-20)15(19(22)27)8-9-23-18/h4-9,11-12,16H,1-3,10H2,(H2,22,27)(H,24,25,26)/t16-/m1/s1. The van der Waals surface area contributed by atoms with Gasteiger partial charge in [0.1, 0.15) is 17.4 Å². The molecular weight excluding hydrogens is 362 g/mol. The van der Waals surface area contributed by atoms with E-state index in [2.05, 4.69) is 20.3 Å². The normalized spacial score (nSPS) is 15.3. The zero-order chi connectivity index (χ0) is 18.8. The number of benzene rings is 1. The van der Waals surface area contributed by atoms with Gasteiger partial charge in [0, 0.05) is 11.2 Å². The van der Waals surface area contributed by atoms with Crippen LogP contribution in [-0.4, -0.2) is 20.9 Å². The number of primary amides is 1. The lowest BCUT2D eigenvalue weighted by Gasteiger charge is -2.30. The quantitative estimate of drug-likeness (QED) is 0.669. The lowest BCUT2D eigenvalue weighted by molar-refractivity contribution is 0.100. The molecule has 138 valence electrons. The van der Waals surface area contributed by atoms with Crippen LogP contribution in [0.2, 0.25) is 5.02 Å². The summed E-state index contributed by atoms with van der Waals surface area (Å²) in [5.74, 6) is 0.763. The number of anilines is 1. The first-order chi connectivity index (χ1) is 13.1. The van der Waals surface area contributed by atoms with Gasteiger partial charge < -0.3 is 11.1 Å². The second-order valence-corrected chi connectivity index (χ2v) is 7.36. The maximum Gasteiger partial charge on any atom is 0.251 e. The van der Waals surface area contributed by atoms with Gasteiger partial charge in [-0.1, -0.05) is 43.0 Å². The third kappa shape index (κ3) is 3.71. The molecule has 0 bridgehead atoms. The number of fused-ring (bicyclic) bond motifs is 1. The Morgan fingerprint density at radius 3 is 2.59 bits per heavy atom. The molecule has 4 rings (SSSR count). The Morgan fingerprint density at radius 2 is 1.93 bits per heavy atom. The smallest absolute Gasteiger partial charge is 0.251 e. The highest BCUT2D eigenvalue weighted by atomic mass is 35.5. The molecule has 6 nitrogen and oxygen atoms in total. The summed E-state index contributed by atoms with van der Waals surface area (Å²) in [5, 5.41) is 4.22. The molecular formula is C20H20ClN5O. The molecule has 27 heavy (non-hydrogen) atoms. The summed E-state index contributed by atoms with van der Waals surface area (Å²) in [6, 6.07) is 9.51. The molecule has 1 saturated carbocycles. The third-order valence-electron chi connectivity index (χ3n) is 5.16. The molecule has 0 spiro atoms. The highest BCUT2D eigenvalue weighted by Crippen LogP contribution is 2.37. The van der Waals surface area contributed by atoms with Crippen LogP contribution in [0, 0.1) is 5.92 Å². The van der Waals surface area contributed by atoms with E-state index in [9.17, 15) is 4.79 Å². The summed E-state index contributed by atoms with van der Waals surface area (Å²) in [4.78, 5) is 24.7. The van der Waals surface area contributed by atoms with Gasteiger partial charge in [-0.15, -0.1) is 0 Å². The maximum atomic E-state index is 11.7. The van der Waals surface area contributed by atoms with E-state index in [1.54, 1.807) is 12.3 Å². The molecule has 1 aromatic carbocycles. The Morgan fingerprint density at radius 1 is 1.15 bits per heavy atom. The van der Waals surface area contributed by atoms with Gasteiger partial charge >= 0.3 is 0 Å². The molecule has 0 aliphatic heterocycles. The molecule has 1 aliphatic rings. The molecule has 3 aromatic rings. The van der Waals surface area contributed by atoms with Crippen molar-refractivity contribution in [2.75, 3.05) is 5.32 Å². The summed E-state index contributed by atoms with van der Waals surface area (Å²) < 4.78 is 0. The fourth-order valence-electron chi connectivity index (χ4n) is 3.47. The Kier molecular flexibility index (Phi) is 4.90. The van der Waals surface area contributed by atoms with Crippen LogP contribution in [0.3, 0.4) is 0 Å². The number of halogens is 1. The first-order valence-electron chi connectivity index (χ1n) is 9.03. The van der Waals surface area contributed by atoms with Crippen LogP contribution < -0.4 is 11.1 Å². The van der Waals surface area contributed by atoms with Crippen molar-refractivity contribution in [3.05, 3.63) is 59.0 Å². The molecule has 0 unspecified atom stereocenters. The van der Waals surface area contributed by atoms with E-state index >= 15 is 0 Å². The van der Waals surface area contributed by atoms with Crippen molar-refractivity contribution in [3.63, 3.8) is 0 Å². The molecule has 2 aromatic heterocycles. The number of carbonyl (C=O) groups excluding carboxylic acids is 1. The molecule has 1 atom stereocenters. The van der Waals surface area contributed by atoms with E-state index in [4.69, 9.17) is 17.3 Å². The van der Waals surface area contributed by atoms with Gasteiger partial charge in [0.05, 0.1) is 11.6 Å². The van der Waals surface area contributed by atoms with E-state index in [1.807, 2.05) is 24.3 Å². The Bertz CT molecular complexity index is 972. The lowest BCUT2D eigenvalue weighted by Crippen LogP contribution is -2.21. The zero-order valence-corrected chi connectivity index (χ0v) is 15.5. The SMILES string of the molecule is NC(=O)c1ccnc2c(N[C@H](CC3CCC3)c3ccc(Cl)cc3)ncnc12. The summed E-state index contributed by atoms with van der Waals surface area (Å²) in [7, 11) is 0. The highest BCUT2D eigenvalue weighted by molar-refractivity contribution is 6.30. The van der Waals surface area contributed by atoms with Crippen molar-refractivity contribution >= 4 is 34.4 Å². The lowest BCUT2D eigenvalue weighted by atomic mass is 9.79. The van der Waals surface area contributed by atoms with Crippen LogP contribution in [0.5, 0.6) is 0 Å². The topological polar surface area (TPSA) is 93.8 Å². The monoisotopic (exact) mass is 381 g/mol. The average molecular weight is 382 g/mol. The Balaban J connectivity index is 1.71. The molecule has 0 radical (unpaired) electrons. The van der Waals surface area contributed by atoms with E-state index in [1.165, 1.54) is 25.6 Å². The van der Waals surface area contributed by atoms with Crippen LogP contribution in [0.4, 0.5) is 5.82 Å². The number of nitrogens with one attached hydrogen (secondary N) is 1. The summed E-state index contributed by atoms with van der Waals surface area (Å²) in [6.45, 7) is 0. The molecule has 1 aliphatic carbocycles. The van der Waals surface area contributed by atoms with Crippen molar-refractivity contribution in [2.24, 2.45) is 11.7 Å². The van der Waals surface area contributed by atoms with Crippen molar-refractivity contribution in [1.82, 2.24) is 15.0 Å². The van der Waals surface area contributed by atoms with Crippen LogP contribution >= 0.6 is 11.6 Å². The number of amides is 1. The molecule has 2 heterocycles. The van der Waals surface area contributed by atoms with E-state index < -0.39 is 5.91 Å². The summed E-state index contributed by atoms with van der Waals surface area (Å²) in [5.41, 5.74) is 7.95. The second kappa shape index (κ2) is 7.48. The number of hydrogen-bond acceptors (Lipinski definition) is 5. The number of rotatable bonds is 6. The van der Waals surface area contributed by atoms with E-state index in [0.29, 0.717) is 33.4 Å². The van der Waals surface area contributed by atoms with Crippen molar-refractivity contribution in [1.29, 1.82) is 0 Å². The van der Waals surface area contributed by atoms with Crippen molar-refractivity contribution in [2.45, 2.75) is 31.7 Å². The van der Waals surface area contributed by atoms with Gasteiger partial charge in [-0.25, -0.2) is 9.97 Å². The number of carbonyl (C=O) groups is 1. The second-order valence-electron chi connectivity index (χ2n) is 6.92. The number of pyridine rings is 1. The molecule has 3 N–H and O–H groups in total. The fraction of sp³-hybridized carbons (Fsp3) is 0.300. The van der Waals surface area contributed by atoms with Gasteiger partial charge in [-0.3, -0.25) is 9.78 Å². The first kappa shape index (κ1) is 17.7. The molecule has 1 fully saturated rings. The van der Waals surface area contributed by atoms with Gasteiger partial charge in [0.2, 0.25) is 0 Å². The largest absolute Gasteiger partial charge is 0.366 e. The van der Waals surface area contributed by atoms with E-state index in [0.717, 1.165) is 12.0 Å². The number of nitrogens with two attached hydrogens (primary N) is 1. The minimum absolute atomic E-state index is 0.0738. The highest BCUT2D eigenvalue weighted by Gasteiger charge is 2.24. The first-order valence-corrected chi connectivity index (χ1v) is 9.41. The van der Waals surface area contributed by atoms with Crippen LogP contribution in [0.15, 0.2) is 42.9 Å². The van der Waals surface area contributed by atoms with Gasteiger partial charge in [-0.05, 0) is 36.1 Å². The summed E-state index contributed by atoms with van der Waals surface area (Å²) in [6.07, 6.45) is 7.78. The summed E-state index contributed by atoms with van der Waals surface area (Å²) >= 11 is 6.05. The van der Waals surface area contributed by atoms with Crippen molar-refractivity contribution < 1.29 is 4.79 Å². The Hall–Kier alpha value is -2.73. The predicted molar refractivity (Wildman–Crippen MR) is 106 cm³/mol. The van der Waals surface area contributed by atoms with Gasteiger partial charge in [-0.2, -0.15) is 0 Å². The Labute approximate surface area is 162 Å². The number of aromatic nitrogens is 3. The average Bonchev–Trinajstić information content (AvgIpc) is 2.64. The number of nitrogens with zero attached hydrogens (tertiary/aromatic N) is 3. The van der Waals surface area contributed by atoms with Crippen LogP contribution in [-0.2, 0) is 0 Å². The number of hydrogen-bond donors (Lipinski definition) is 2. The fourth-order valence-corrected chi connectivity index (χ4v) is 3.59. The minimum Gasteiger partial charge on any atom is -0.366 e. The third-order valence-corrected chi connectivity index (χ3v) is 5.42. The van der Waals surface area contributed by atoms with Crippen LogP contribution in [0.25, 0.3) is 11.0 Å². The van der Waals surface area contributed by atoms with Gasteiger partial charge in [0.25, 0.3) is 5.91 Å². The molecule has 0 saturated heterocycles. The molecule has 7 heteroatoms. The van der Waals surface area contributed by atoms with Crippen LogP contribution in [0.1, 0.15) is 47.6 Å². The van der Waals surface area contributed by atoms with Gasteiger partial charge in [0.15, 0.2) is 5.82 Å². The zero-order valence-electron chi connectivity index (χ0n) is 14.7. The van der Waals surface area contributed by atoms with Crippen molar-refractivity contribution in [3.8, 4) is 0 Å². The minimum atomic E-state index is -0.532. The predicted octanol–water partition coefficient (Wildman–Crippen LogP) is 4.12. The molecule has 1 amide bonds. The van der Waals surface area contributed by atoms with E-state index in [-0.39, 0.29) is 6.04 Å².